The van der Waals surface area contributed by atoms with Crippen LogP contribution in [0.1, 0.15) is 6.42 Å². The minimum Gasteiger partial charge on any atom is -0.491 e. The smallest absolute Gasteiger partial charge is 0.306 e. The predicted molar refractivity (Wildman–Crippen MR) is 89.4 cm³/mol. The third-order valence-corrected chi connectivity index (χ3v) is 4.55. The van der Waals surface area contributed by atoms with E-state index in [-0.39, 0.29) is 18.5 Å². The summed E-state index contributed by atoms with van der Waals surface area (Å²) in [6.45, 7) is -0.136. The van der Waals surface area contributed by atoms with Crippen LogP contribution in [-0.4, -0.2) is 28.9 Å². The lowest BCUT2D eigenvalue weighted by Gasteiger charge is -2.11. The standard InChI is InChI=1S/C17H14O5S/c18-10(7-16(19)20)9-22-11-5-6-15-13(8-11)17(21)12-3-1-2-4-14(12)23-15/h1-6,8,10,18H,7,9H2,(H,19,20). The maximum absolute atomic E-state index is 12.5. The average Bonchev–Trinajstić information content (AvgIpc) is 2.53. The summed E-state index contributed by atoms with van der Waals surface area (Å²) < 4.78 is 7.18. The zero-order chi connectivity index (χ0) is 16.4. The number of hydrogen-bond acceptors (Lipinski definition) is 5. The van der Waals surface area contributed by atoms with Gasteiger partial charge < -0.3 is 14.9 Å². The van der Waals surface area contributed by atoms with Crippen molar-refractivity contribution in [1.29, 1.82) is 0 Å². The molecule has 0 spiro atoms. The van der Waals surface area contributed by atoms with Gasteiger partial charge in [0.25, 0.3) is 0 Å². The second-order valence-electron chi connectivity index (χ2n) is 5.15. The lowest BCUT2D eigenvalue weighted by molar-refractivity contribution is -0.139. The van der Waals surface area contributed by atoms with Crippen LogP contribution in [0, 0.1) is 0 Å². The topological polar surface area (TPSA) is 83.8 Å². The second-order valence-corrected chi connectivity index (χ2v) is 6.23. The van der Waals surface area contributed by atoms with Gasteiger partial charge in [-0.05, 0) is 30.3 Å². The van der Waals surface area contributed by atoms with Crippen LogP contribution < -0.4 is 10.2 Å². The van der Waals surface area contributed by atoms with Crippen LogP contribution >= 0.6 is 11.3 Å². The maximum atomic E-state index is 12.5. The average molecular weight is 330 g/mol. The minimum absolute atomic E-state index is 0.0640. The number of carboxylic acids is 1. The van der Waals surface area contributed by atoms with Crippen LogP contribution in [0.3, 0.4) is 0 Å². The molecule has 118 valence electrons. The van der Waals surface area contributed by atoms with E-state index in [0.717, 1.165) is 9.40 Å². The monoisotopic (exact) mass is 330 g/mol. The van der Waals surface area contributed by atoms with E-state index in [1.54, 1.807) is 24.3 Å². The summed E-state index contributed by atoms with van der Waals surface area (Å²) in [5.74, 6) is -0.656. The highest BCUT2D eigenvalue weighted by Gasteiger charge is 2.11. The molecule has 0 saturated heterocycles. The Balaban J connectivity index is 1.92. The highest BCUT2D eigenvalue weighted by Crippen LogP contribution is 2.27. The number of ether oxygens (including phenoxy) is 1. The molecule has 6 heteroatoms. The predicted octanol–water partition coefficient (Wildman–Crippen LogP) is 2.63. The molecular weight excluding hydrogens is 316 g/mol. The van der Waals surface area contributed by atoms with Crippen molar-refractivity contribution < 1.29 is 19.7 Å². The summed E-state index contributed by atoms with van der Waals surface area (Å²) >= 11 is 1.52. The number of fused-ring (bicyclic) bond motifs is 2. The Kier molecular flexibility index (Phi) is 4.27. The van der Waals surface area contributed by atoms with Gasteiger partial charge in [0.1, 0.15) is 12.4 Å². The van der Waals surface area contributed by atoms with Crippen molar-refractivity contribution >= 4 is 37.5 Å². The molecule has 0 fully saturated rings. The maximum Gasteiger partial charge on any atom is 0.306 e. The Morgan fingerprint density at radius 2 is 1.87 bits per heavy atom. The number of hydrogen-bond donors (Lipinski definition) is 2. The van der Waals surface area contributed by atoms with Gasteiger partial charge in [0.15, 0.2) is 5.43 Å². The van der Waals surface area contributed by atoms with Gasteiger partial charge in [0.05, 0.1) is 12.5 Å². The van der Waals surface area contributed by atoms with E-state index in [9.17, 15) is 14.7 Å². The molecule has 1 unspecified atom stereocenters. The molecule has 1 heterocycles. The lowest BCUT2D eigenvalue weighted by atomic mass is 10.2. The Morgan fingerprint density at radius 3 is 2.65 bits per heavy atom. The zero-order valence-corrected chi connectivity index (χ0v) is 12.9. The fraction of sp³-hybridized carbons (Fsp3) is 0.176. The number of aliphatic hydroxyl groups excluding tert-OH is 1. The number of carbonyl (C=O) groups is 1. The minimum atomic E-state index is -1.09. The largest absolute Gasteiger partial charge is 0.491 e. The van der Waals surface area contributed by atoms with E-state index in [0.29, 0.717) is 16.5 Å². The summed E-state index contributed by atoms with van der Waals surface area (Å²) in [6, 6.07) is 12.6. The fourth-order valence-electron chi connectivity index (χ4n) is 2.33. The molecule has 0 saturated carbocycles. The molecule has 5 nitrogen and oxygen atoms in total. The van der Waals surface area contributed by atoms with Gasteiger partial charge in [-0.15, -0.1) is 11.3 Å². The molecule has 0 bridgehead atoms. The van der Waals surface area contributed by atoms with Crippen molar-refractivity contribution in [2.45, 2.75) is 12.5 Å². The van der Waals surface area contributed by atoms with E-state index in [4.69, 9.17) is 9.84 Å². The first-order valence-corrected chi connectivity index (χ1v) is 7.84. The molecule has 2 N–H and O–H groups in total. The second kappa shape index (κ2) is 6.36. The molecular formula is C17H14O5S. The van der Waals surface area contributed by atoms with Crippen LogP contribution in [0.15, 0.2) is 47.3 Å². The first-order valence-electron chi connectivity index (χ1n) is 7.03. The third-order valence-electron chi connectivity index (χ3n) is 3.40. The summed E-state index contributed by atoms with van der Waals surface area (Å²) in [5.41, 5.74) is -0.0640. The molecule has 0 amide bonds. The van der Waals surface area contributed by atoms with Crippen molar-refractivity contribution in [1.82, 2.24) is 0 Å². The molecule has 0 aliphatic heterocycles. The number of carboxylic acid groups (broad SMARTS) is 1. The first-order chi connectivity index (χ1) is 11.0. The van der Waals surface area contributed by atoms with Crippen LogP contribution in [0.4, 0.5) is 0 Å². The molecule has 0 aliphatic carbocycles. The van der Waals surface area contributed by atoms with Crippen molar-refractivity contribution in [2.75, 3.05) is 6.61 Å². The van der Waals surface area contributed by atoms with Crippen LogP contribution in [0.25, 0.3) is 20.2 Å². The van der Waals surface area contributed by atoms with Crippen molar-refractivity contribution in [3.63, 3.8) is 0 Å². The molecule has 1 aromatic heterocycles. The van der Waals surface area contributed by atoms with Gasteiger partial charge in [-0.3, -0.25) is 9.59 Å². The van der Waals surface area contributed by atoms with Gasteiger partial charge in [-0.2, -0.15) is 0 Å². The van der Waals surface area contributed by atoms with Crippen LogP contribution in [0.5, 0.6) is 5.75 Å². The first kappa shape index (κ1) is 15.5. The van der Waals surface area contributed by atoms with Gasteiger partial charge in [-0.1, -0.05) is 12.1 Å². The van der Waals surface area contributed by atoms with E-state index in [1.807, 2.05) is 18.2 Å². The lowest BCUT2D eigenvalue weighted by Crippen LogP contribution is -2.21. The van der Waals surface area contributed by atoms with E-state index < -0.39 is 12.1 Å². The van der Waals surface area contributed by atoms with E-state index in [2.05, 4.69) is 0 Å². The van der Waals surface area contributed by atoms with Crippen molar-refractivity contribution in [2.24, 2.45) is 0 Å². The van der Waals surface area contributed by atoms with Crippen LogP contribution in [-0.2, 0) is 4.79 Å². The Labute approximate surface area is 135 Å². The number of aliphatic hydroxyl groups is 1. The summed E-state index contributed by atoms with van der Waals surface area (Å²) in [4.78, 5) is 23.1. The molecule has 0 radical (unpaired) electrons. The molecule has 1 atom stereocenters. The van der Waals surface area contributed by atoms with Crippen molar-refractivity contribution in [3.05, 3.63) is 52.7 Å². The SMILES string of the molecule is O=C(O)CC(O)COc1ccc2sc3ccccc3c(=O)c2c1. The fourth-order valence-corrected chi connectivity index (χ4v) is 3.38. The molecule has 3 aromatic rings. The quantitative estimate of drug-likeness (QED) is 0.703. The zero-order valence-electron chi connectivity index (χ0n) is 12.1. The van der Waals surface area contributed by atoms with E-state index >= 15 is 0 Å². The Morgan fingerprint density at radius 1 is 1.13 bits per heavy atom. The highest BCUT2D eigenvalue weighted by molar-refractivity contribution is 7.24. The molecule has 0 aliphatic rings. The summed E-state index contributed by atoms with van der Waals surface area (Å²) in [5, 5.41) is 19.3. The molecule has 23 heavy (non-hydrogen) atoms. The van der Waals surface area contributed by atoms with Gasteiger partial charge in [0, 0.05) is 20.2 Å². The van der Waals surface area contributed by atoms with Gasteiger partial charge in [0.2, 0.25) is 0 Å². The summed E-state index contributed by atoms with van der Waals surface area (Å²) in [6.07, 6.45) is -1.47. The summed E-state index contributed by atoms with van der Waals surface area (Å²) in [7, 11) is 0. The highest BCUT2D eigenvalue weighted by atomic mass is 32.1. The normalized spacial score (nSPS) is 12.4. The number of benzene rings is 2. The van der Waals surface area contributed by atoms with Gasteiger partial charge >= 0.3 is 5.97 Å². The van der Waals surface area contributed by atoms with Gasteiger partial charge in [-0.25, -0.2) is 0 Å². The number of aliphatic carboxylic acids is 1. The van der Waals surface area contributed by atoms with Crippen molar-refractivity contribution in [3.8, 4) is 5.75 Å². The third kappa shape index (κ3) is 3.33. The van der Waals surface area contributed by atoms with Crippen LogP contribution in [0.2, 0.25) is 0 Å². The Bertz CT molecular complexity index is 931. The molecule has 3 rings (SSSR count). The molecule has 2 aromatic carbocycles. The van der Waals surface area contributed by atoms with E-state index in [1.165, 1.54) is 11.3 Å². The number of rotatable bonds is 5. The Hall–Kier alpha value is -2.44.